The summed E-state index contributed by atoms with van der Waals surface area (Å²) in [6.45, 7) is 2.32. The monoisotopic (exact) mass is 378 g/mol. The van der Waals surface area contributed by atoms with Crippen LogP contribution in [0.1, 0.15) is 36.0 Å². The number of anilines is 1. The topological polar surface area (TPSA) is 77.2 Å². The van der Waals surface area contributed by atoms with E-state index < -0.39 is 12.0 Å². The van der Waals surface area contributed by atoms with Gasteiger partial charge in [0.25, 0.3) is 11.6 Å². The Morgan fingerprint density at radius 1 is 1.22 bits per heavy atom. The van der Waals surface area contributed by atoms with E-state index in [1.54, 1.807) is 25.4 Å². The lowest BCUT2D eigenvalue weighted by Gasteiger charge is -2.33. The lowest BCUT2D eigenvalue weighted by Crippen LogP contribution is -2.34. The summed E-state index contributed by atoms with van der Waals surface area (Å²) >= 11 is 0. The molecule has 1 aliphatic rings. The second-order valence-corrected chi connectivity index (χ2v) is 6.39. The molecule has 1 saturated heterocycles. The van der Waals surface area contributed by atoms with Crippen LogP contribution in [0.3, 0.4) is 0 Å². The summed E-state index contributed by atoms with van der Waals surface area (Å²) in [5.41, 5.74) is 1.50. The maximum Gasteiger partial charge on any atom is 0.453 e. The van der Waals surface area contributed by atoms with Crippen LogP contribution in [0.2, 0.25) is 0 Å². The van der Waals surface area contributed by atoms with Gasteiger partial charge in [-0.2, -0.15) is 22.7 Å². The normalized spacial score (nSPS) is 20.7. The molecule has 4 heterocycles. The number of nitrogens with one attached hydrogen (secondary N) is 1. The number of aromatic nitrogens is 5. The molecule has 0 spiro atoms. The molecular weight excluding hydrogens is 361 g/mol. The standard InChI is InChI=1S/C17H17F3N6O/c1-10-9-13(26-16(22-10)24-15(25-26)17(18,19)20)23-12-3-2-8-27-14(12)11-4-6-21-7-5-11/h4-7,9,12,14,23H,2-3,8H2,1H3/t12-,14+/m0/s1. The molecule has 0 unspecified atom stereocenters. The van der Waals surface area contributed by atoms with E-state index in [1.807, 2.05) is 12.1 Å². The van der Waals surface area contributed by atoms with Crippen molar-refractivity contribution in [1.29, 1.82) is 0 Å². The van der Waals surface area contributed by atoms with Crippen molar-refractivity contribution in [3.8, 4) is 0 Å². The molecule has 3 aromatic heterocycles. The number of hydrogen-bond acceptors (Lipinski definition) is 6. The molecule has 1 aliphatic heterocycles. The first-order valence-corrected chi connectivity index (χ1v) is 8.51. The highest BCUT2D eigenvalue weighted by atomic mass is 19.4. The number of hydrogen-bond donors (Lipinski definition) is 1. The fraction of sp³-hybridized carbons (Fsp3) is 0.412. The quantitative estimate of drug-likeness (QED) is 0.754. The van der Waals surface area contributed by atoms with Crippen LogP contribution in [-0.2, 0) is 10.9 Å². The number of fused-ring (bicyclic) bond motifs is 1. The second-order valence-electron chi connectivity index (χ2n) is 6.39. The van der Waals surface area contributed by atoms with Gasteiger partial charge in [0.15, 0.2) is 0 Å². The highest BCUT2D eigenvalue weighted by molar-refractivity contribution is 5.46. The summed E-state index contributed by atoms with van der Waals surface area (Å²) in [5.74, 6) is -0.911. The first kappa shape index (κ1) is 17.7. The van der Waals surface area contributed by atoms with Gasteiger partial charge in [0.1, 0.15) is 11.9 Å². The van der Waals surface area contributed by atoms with E-state index in [9.17, 15) is 13.2 Å². The van der Waals surface area contributed by atoms with E-state index in [-0.39, 0.29) is 17.9 Å². The molecule has 0 bridgehead atoms. The highest BCUT2D eigenvalue weighted by Crippen LogP contribution is 2.31. The van der Waals surface area contributed by atoms with E-state index in [4.69, 9.17) is 4.74 Å². The molecule has 0 aromatic carbocycles. The summed E-state index contributed by atoms with van der Waals surface area (Å²) in [6, 6.07) is 5.26. The molecule has 0 saturated carbocycles. The molecule has 142 valence electrons. The van der Waals surface area contributed by atoms with E-state index in [0.717, 1.165) is 22.9 Å². The number of aryl methyl sites for hydroxylation is 1. The van der Waals surface area contributed by atoms with Crippen molar-refractivity contribution in [2.75, 3.05) is 11.9 Å². The fourth-order valence-corrected chi connectivity index (χ4v) is 3.21. The molecule has 0 amide bonds. The van der Waals surface area contributed by atoms with Gasteiger partial charge in [0.05, 0.1) is 6.04 Å². The molecule has 27 heavy (non-hydrogen) atoms. The minimum absolute atomic E-state index is 0.0954. The minimum Gasteiger partial charge on any atom is -0.371 e. The van der Waals surface area contributed by atoms with Crippen molar-refractivity contribution >= 4 is 11.6 Å². The smallest absolute Gasteiger partial charge is 0.371 e. The number of rotatable bonds is 3. The summed E-state index contributed by atoms with van der Waals surface area (Å²) < 4.78 is 46.0. The largest absolute Gasteiger partial charge is 0.453 e. The number of pyridine rings is 1. The third kappa shape index (κ3) is 3.57. The molecule has 2 atom stereocenters. The van der Waals surface area contributed by atoms with Gasteiger partial charge in [-0.05, 0) is 37.5 Å². The van der Waals surface area contributed by atoms with Crippen LogP contribution in [0, 0.1) is 6.92 Å². The van der Waals surface area contributed by atoms with Gasteiger partial charge in [-0.1, -0.05) is 0 Å². The van der Waals surface area contributed by atoms with E-state index in [2.05, 4.69) is 25.4 Å². The average molecular weight is 378 g/mol. The van der Waals surface area contributed by atoms with Crippen molar-refractivity contribution in [2.45, 2.75) is 38.1 Å². The van der Waals surface area contributed by atoms with Crippen molar-refractivity contribution in [2.24, 2.45) is 0 Å². The molecule has 4 rings (SSSR count). The van der Waals surface area contributed by atoms with Gasteiger partial charge in [0, 0.05) is 30.8 Å². The first-order chi connectivity index (χ1) is 12.9. The maximum absolute atomic E-state index is 13.0. The SMILES string of the molecule is Cc1cc(N[C@H]2CCCO[C@@H]2c2ccncc2)n2nc(C(F)(F)F)nc2n1. The summed E-state index contributed by atoms with van der Waals surface area (Å²) in [6.07, 6.45) is 0.148. The average Bonchev–Trinajstić information content (AvgIpc) is 3.07. The molecule has 10 heteroatoms. The number of ether oxygens (including phenoxy) is 1. The Labute approximate surface area is 152 Å². The van der Waals surface area contributed by atoms with Crippen LogP contribution in [0.4, 0.5) is 19.0 Å². The predicted octanol–water partition coefficient (Wildman–Crippen LogP) is 3.18. The van der Waals surface area contributed by atoms with Crippen LogP contribution in [0.15, 0.2) is 30.6 Å². The Kier molecular flexibility index (Phi) is 4.42. The number of alkyl halides is 3. The van der Waals surface area contributed by atoms with Crippen LogP contribution < -0.4 is 5.32 Å². The second kappa shape index (κ2) is 6.76. The predicted molar refractivity (Wildman–Crippen MR) is 90.1 cm³/mol. The van der Waals surface area contributed by atoms with Gasteiger partial charge >= 0.3 is 6.18 Å². The van der Waals surface area contributed by atoms with Crippen molar-refractivity contribution in [1.82, 2.24) is 24.6 Å². The van der Waals surface area contributed by atoms with Gasteiger partial charge < -0.3 is 10.1 Å². The lowest BCUT2D eigenvalue weighted by molar-refractivity contribution is -0.144. The Balaban J connectivity index is 1.70. The van der Waals surface area contributed by atoms with Crippen molar-refractivity contribution in [3.63, 3.8) is 0 Å². The highest BCUT2D eigenvalue weighted by Gasteiger charge is 2.37. The van der Waals surface area contributed by atoms with E-state index in [1.165, 1.54) is 0 Å². The number of halogens is 3. The lowest BCUT2D eigenvalue weighted by atomic mass is 9.96. The van der Waals surface area contributed by atoms with Crippen molar-refractivity contribution < 1.29 is 17.9 Å². The Morgan fingerprint density at radius 2 is 2.00 bits per heavy atom. The Morgan fingerprint density at radius 3 is 2.74 bits per heavy atom. The molecule has 0 aliphatic carbocycles. The maximum atomic E-state index is 13.0. The van der Waals surface area contributed by atoms with Crippen LogP contribution in [-0.4, -0.2) is 37.2 Å². The molecule has 1 N–H and O–H groups in total. The van der Waals surface area contributed by atoms with Gasteiger partial charge in [-0.15, -0.1) is 5.10 Å². The Hall–Kier alpha value is -2.75. The van der Waals surface area contributed by atoms with E-state index >= 15 is 0 Å². The van der Waals surface area contributed by atoms with Crippen LogP contribution in [0.5, 0.6) is 0 Å². The minimum atomic E-state index is -4.63. The van der Waals surface area contributed by atoms with Crippen molar-refractivity contribution in [3.05, 3.63) is 47.7 Å². The summed E-state index contributed by atoms with van der Waals surface area (Å²) in [7, 11) is 0. The summed E-state index contributed by atoms with van der Waals surface area (Å²) in [4.78, 5) is 11.6. The zero-order chi connectivity index (χ0) is 19.0. The third-order valence-electron chi connectivity index (χ3n) is 4.38. The molecule has 1 fully saturated rings. The van der Waals surface area contributed by atoms with Crippen LogP contribution >= 0.6 is 0 Å². The third-order valence-corrected chi connectivity index (χ3v) is 4.38. The van der Waals surface area contributed by atoms with E-state index in [0.29, 0.717) is 18.1 Å². The molecule has 7 nitrogen and oxygen atoms in total. The van der Waals surface area contributed by atoms with Gasteiger partial charge in [-0.3, -0.25) is 4.98 Å². The van der Waals surface area contributed by atoms with Gasteiger partial charge in [-0.25, -0.2) is 4.98 Å². The Bertz CT molecular complexity index is 943. The fourth-order valence-electron chi connectivity index (χ4n) is 3.21. The zero-order valence-corrected chi connectivity index (χ0v) is 14.4. The summed E-state index contributed by atoms with van der Waals surface area (Å²) in [5, 5.41) is 6.88. The molecule has 0 radical (unpaired) electrons. The zero-order valence-electron chi connectivity index (χ0n) is 14.4. The van der Waals surface area contributed by atoms with Crippen LogP contribution in [0.25, 0.3) is 5.78 Å². The molecular formula is C17H17F3N6O. The number of nitrogens with zero attached hydrogens (tertiary/aromatic N) is 5. The first-order valence-electron chi connectivity index (χ1n) is 8.51. The van der Waals surface area contributed by atoms with Gasteiger partial charge in [0.2, 0.25) is 0 Å². The molecule has 3 aromatic rings.